The quantitative estimate of drug-likeness (QED) is 0.295. The Morgan fingerprint density at radius 1 is 0.643 bits per heavy atom. The molecule has 0 saturated heterocycles. The number of fused-ring (bicyclic) bond motifs is 4. The van der Waals surface area contributed by atoms with Crippen LogP contribution in [0.4, 0.5) is 0 Å². The van der Waals surface area contributed by atoms with Gasteiger partial charge < -0.3 is 9.30 Å². The molecule has 2 nitrogen and oxygen atoms in total. The summed E-state index contributed by atoms with van der Waals surface area (Å²) in [6, 6.07) is 29.2. The fraction of sp³-hybridized carbons (Fsp3) is 0.120. The first kappa shape index (κ1) is 17.2. The van der Waals surface area contributed by atoms with E-state index in [1.54, 1.807) is 0 Å². The number of aromatic nitrogens is 1. The predicted molar refractivity (Wildman–Crippen MR) is 119 cm³/mol. The van der Waals surface area contributed by atoms with Crippen molar-refractivity contribution < 1.29 is 4.74 Å². The molecule has 0 N–H and O–H groups in total. The van der Waals surface area contributed by atoms with Crippen molar-refractivity contribution in [2.45, 2.75) is 13.0 Å². The topological polar surface area (TPSA) is 14.2 Å². The highest BCUT2D eigenvalue weighted by Crippen LogP contribution is 2.32. The lowest BCUT2D eigenvalue weighted by atomic mass is 10.1. The molecule has 0 saturated carbocycles. The molecule has 138 valence electrons. The Morgan fingerprint density at radius 3 is 1.89 bits per heavy atom. The first-order valence-electron chi connectivity index (χ1n) is 9.59. The van der Waals surface area contributed by atoms with E-state index in [0.29, 0.717) is 6.61 Å². The summed E-state index contributed by atoms with van der Waals surface area (Å²) in [6.45, 7) is 1.58. The number of benzene rings is 4. The summed E-state index contributed by atoms with van der Waals surface area (Å²) in [5, 5.41) is 5.47. The van der Waals surface area contributed by atoms with Gasteiger partial charge in [0.15, 0.2) is 0 Å². The van der Waals surface area contributed by atoms with Gasteiger partial charge in [-0.05, 0) is 30.7 Å². The fourth-order valence-electron chi connectivity index (χ4n) is 4.01. The van der Waals surface area contributed by atoms with Crippen LogP contribution in [0.2, 0.25) is 5.02 Å². The van der Waals surface area contributed by atoms with Crippen molar-refractivity contribution in [3.63, 3.8) is 0 Å². The maximum absolute atomic E-state index is 6.31. The molecular formula is C25H20ClNO. The number of nitrogens with zero attached hydrogens (tertiary/aromatic N) is 1. The third kappa shape index (κ3) is 2.90. The van der Waals surface area contributed by atoms with Gasteiger partial charge >= 0.3 is 0 Å². The molecule has 0 atom stereocenters. The molecule has 0 aliphatic carbocycles. The third-order valence-electron chi connectivity index (χ3n) is 5.29. The van der Waals surface area contributed by atoms with Crippen molar-refractivity contribution in [2.24, 2.45) is 0 Å². The van der Waals surface area contributed by atoms with Gasteiger partial charge in [0, 0.05) is 44.1 Å². The average Bonchev–Trinajstić information content (AvgIpc) is 3.07. The maximum atomic E-state index is 6.31. The smallest absolute Gasteiger partial charge is 0.127 e. The molecule has 1 aromatic heterocycles. The molecule has 0 amide bonds. The SMILES string of the molecule is Clc1ccc(OCCCn2c3ccccc3c3ccccc32)c2ccccc12. The van der Waals surface area contributed by atoms with E-state index in [9.17, 15) is 0 Å². The van der Waals surface area contributed by atoms with Crippen LogP contribution in [0, 0.1) is 0 Å². The summed E-state index contributed by atoms with van der Waals surface area (Å²) in [5.41, 5.74) is 2.56. The molecule has 4 aromatic carbocycles. The van der Waals surface area contributed by atoms with Gasteiger partial charge in [-0.25, -0.2) is 0 Å². The molecule has 0 fully saturated rings. The van der Waals surface area contributed by atoms with Crippen LogP contribution < -0.4 is 4.74 Å². The number of rotatable bonds is 5. The second kappa shape index (κ2) is 7.21. The van der Waals surface area contributed by atoms with Crippen molar-refractivity contribution in [1.82, 2.24) is 4.57 Å². The second-order valence-electron chi connectivity index (χ2n) is 6.98. The highest BCUT2D eigenvalue weighted by Gasteiger charge is 2.10. The Bertz CT molecular complexity index is 1230. The van der Waals surface area contributed by atoms with Gasteiger partial charge in [0.05, 0.1) is 6.61 Å². The van der Waals surface area contributed by atoms with Crippen LogP contribution in [0.3, 0.4) is 0 Å². The molecule has 0 aliphatic rings. The molecule has 1 heterocycles. The minimum absolute atomic E-state index is 0.659. The first-order valence-corrected chi connectivity index (χ1v) is 9.97. The minimum atomic E-state index is 0.659. The summed E-state index contributed by atoms with van der Waals surface area (Å²) in [6.07, 6.45) is 0.930. The molecular weight excluding hydrogens is 366 g/mol. The standard InChI is InChI=1S/C25H20ClNO/c26-22-14-15-25(21-11-2-1-8-18(21)22)28-17-7-16-27-23-12-5-3-9-19(23)20-10-4-6-13-24(20)27/h1-6,8-15H,7,16-17H2. The van der Waals surface area contributed by atoms with Crippen LogP contribution in [-0.4, -0.2) is 11.2 Å². The van der Waals surface area contributed by atoms with E-state index in [1.807, 2.05) is 30.3 Å². The Labute approximate surface area is 168 Å². The summed E-state index contributed by atoms with van der Waals surface area (Å²) in [4.78, 5) is 0. The van der Waals surface area contributed by atoms with Crippen LogP contribution in [0.15, 0.2) is 84.9 Å². The molecule has 0 spiro atoms. The van der Waals surface area contributed by atoms with E-state index in [0.717, 1.165) is 34.5 Å². The van der Waals surface area contributed by atoms with E-state index in [4.69, 9.17) is 16.3 Å². The average molecular weight is 386 g/mol. The molecule has 0 radical (unpaired) electrons. The summed E-state index contributed by atoms with van der Waals surface area (Å²) < 4.78 is 8.52. The zero-order valence-corrected chi connectivity index (χ0v) is 16.2. The van der Waals surface area contributed by atoms with Crippen molar-refractivity contribution in [3.8, 4) is 5.75 Å². The maximum Gasteiger partial charge on any atom is 0.127 e. The summed E-state index contributed by atoms with van der Waals surface area (Å²) >= 11 is 6.31. The molecule has 5 aromatic rings. The Morgan fingerprint density at radius 2 is 1.21 bits per heavy atom. The van der Waals surface area contributed by atoms with Crippen molar-refractivity contribution in [1.29, 1.82) is 0 Å². The summed E-state index contributed by atoms with van der Waals surface area (Å²) in [7, 11) is 0. The van der Waals surface area contributed by atoms with E-state index < -0.39 is 0 Å². The number of hydrogen-bond acceptors (Lipinski definition) is 1. The lowest BCUT2D eigenvalue weighted by Gasteiger charge is -2.12. The zero-order chi connectivity index (χ0) is 18.9. The largest absolute Gasteiger partial charge is 0.493 e. The Balaban J connectivity index is 1.38. The Kier molecular flexibility index (Phi) is 4.42. The molecule has 0 aliphatic heterocycles. The van der Waals surface area contributed by atoms with Crippen molar-refractivity contribution >= 4 is 44.2 Å². The van der Waals surface area contributed by atoms with Gasteiger partial charge in [0.2, 0.25) is 0 Å². The van der Waals surface area contributed by atoms with Crippen LogP contribution in [0.5, 0.6) is 5.75 Å². The predicted octanol–water partition coefficient (Wildman–Crippen LogP) is 7.07. The van der Waals surface area contributed by atoms with Crippen LogP contribution in [0.1, 0.15) is 6.42 Å². The zero-order valence-electron chi connectivity index (χ0n) is 15.4. The number of halogens is 1. The van der Waals surface area contributed by atoms with Crippen molar-refractivity contribution in [2.75, 3.05) is 6.61 Å². The number of para-hydroxylation sites is 2. The lowest BCUT2D eigenvalue weighted by molar-refractivity contribution is 0.307. The van der Waals surface area contributed by atoms with E-state index in [2.05, 4.69) is 59.2 Å². The van der Waals surface area contributed by atoms with Gasteiger partial charge in [0.25, 0.3) is 0 Å². The highest BCUT2D eigenvalue weighted by atomic mass is 35.5. The number of hydrogen-bond donors (Lipinski definition) is 0. The third-order valence-corrected chi connectivity index (χ3v) is 5.62. The van der Waals surface area contributed by atoms with Crippen molar-refractivity contribution in [3.05, 3.63) is 90.0 Å². The van der Waals surface area contributed by atoms with Gasteiger partial charge in [-0.3, -0.25) is 0 Å². The van der Waals surface area contributed by atoms with E-state index >= 15 is 0 Å². The van der Waals surface area contributed by atoms with Crippen LogP contribution >= 0.6 is 11.6 Å². The van der Waals surface area contributed by atoms with Gasteiger partial charge in [-0.15, -0.1) is 0 Å². The van der Waals surface area contributed by atoms with Gasteiger partial charge in [0.1, 0.15) is 5.75 Å². The highest BCUT2D eigenvalue weighted by molar-refractivity contribution is 6.35. The number of ether oxygens (including phenoxy) is 1. The number of aryl methyl sites for hydroxylation is 1. The lowest BCUT2D eigenvalue weighted by Crippen LogP contribution is -2.04. The van der Waals surface area contributed by atoms with E-state index in [-0.39, 0.29) is 0 Å². The minimum Gasteiger partial charge on any atom is -0.493 e. The van der Waals surface area contributed by atoms with Crippen LogP contribution in [-0.2, 0) is 6.54 Å². The molecule has 0 bridgehead atoms. The van der Waals surface area contributed by atoms with Gasteiger partial charge in [-0.2, -0.15) is 0 Å². The molecule has 28 heavy (non-hydrogen) atoms. The first-order chi connectivity index (χ1) is 13.8. The molecule has 3 heteroatoms. The second-order valence-corrected chi connectivity index (χ2v) is 7.39. The molecule has 0 unspecified atom stereocenters. The summed E-state index contributed by atoms with van der Waals surface area (Å²) in [5.74, 6) is 0.891. The van der Waals surface area contributed by atoms with Crippen LogP contribution in [0.25, 0.3) is 32.6 Å². The Hall–Kier alpha value is -2.97. The molecule has 5 rings (SSSR count). The fourth-order valence-corrected chi connectivity index (χ4v) is 4.24. The van der Waals surface area contributed by atoms with Gasteiger partial charge in [-0.1, -0.05) is 72.3 Å². The normalized spacial score (nSPS) is 11.5. The van der Waals surface area contributed by atoms with E-state index in [1.165, 1.54) is 21.8 Å². The monoisotopic (exact) mass is 385 g/mol.